The molecule has 2 aliphatic carbocycles. The van der Waals surface area contributed by atoms with E-state index in [1.807, 2.05) is 0 Å². The Labute approximate surface area is 112 Å². The quantitative estimate of drug-likeness (QED) is 0.433. The summed E-state index contributed by atoms with van der Waals surface area (Å²) in [5, 5.41) is 0. The van der Waals surface area contributed by atoms with Crippen molar-refractivity contribution >= 4 is 0 Å². The van der Waals surface area contributed by atoms with Crippen LogP contribution in [0, 0.1) is 11.8 Å². The van der Waals surface area contributed by atoms with Crippen molar-refractivity contribution in [3.63, 3.8) is 0 Å². The van der Waals surface area contributed by atoms with Gasteiger partial charge in [0.25, 0.3) is 0 Å². The number of rotatable bonds is 10. The molecule has 2 atom stereocenters. The fourth-order valence-corrected chi connectivity index (χ4v) is 2.46. The molecule has 0 aromatic carbocycles. The summed E-state index contributed by atoms with van der Waals surface area (Å²) in [5.74, 6) is 1.52. The molecule has 0 bridgehead atoms. The van der Waals surface area contributed by atoms with Gasteiger partial charge in [0.2, 0.25) is 0 Å². The second-order valence-corrected chi connectivity index (χ2v) is 5.71. The predicted molar refractivity (Wildman–Crippen MR) is 74.7 cm³/mol. The molecule has 2 rings (SSSR count). The van der Waals surface area contributed by atoms with Crippen LogP contribution in [0.25, 0.3) is 0 Å². The molecule has 0 heterocycles. The predicted octanol–water partition coefficient (Wildman–Crippen LogP) is 3.96. The maximum Gasteiger partial charge on any atom is 0.0534 e. The SMILES string of the molecule is CCCCOCC1C/C1=C1\CC1COCCCC. The minimum Gasteiger partial charge on any atom is -0.381 e. The molecule has 0 radical (unpaired) electrons. The molecular weight excluding hydrogens is 224 g/mol. The molecule has 0 aromatic rings. The highest BCUT2D eigenvalue weighted by molar-refractivity contribution is 5.40. The van der Waals surface area contributed by atoms with Gasteiger partial charge in [-0.2, -0.15) is 0 Å². The minimum absolute atomic E-state index is 0.762. The molecular formula is C16H28O2. The summed E-state index contributed by atoms with van der Waals surface area (Å²) in [7, 11) is 0. The molecule has 0 saturated heterocycles. The van der Waals surface area contributed by atoms with Crippen LogP contribution in [0.4, 0.5) is 0 Å². The maximum atomic E-state index is 5.69. The van der Waals surface area contributed by atoms with E-state index >= 15 is 0 Å². The lowest BCUT2D eigenvalue weighted by Gasteiger charge is -2.00. The minimum atomic E-state index is 0.762. The van der Waals surface area contributed by atoms with Crippen LogP contribution < -0.4 is 0 Å². The molecule has 2 nitrogen and oxygen atoms in total. The van der Waals surface area contributed by atoms with Gasteiger partial charge >= 0.3 is 0 Å². The van der Waals surface area contributed by atoms with Crippen LogP contribution in [-0.2, 0) is 9.47 Å². The van der Waals surface area contributed by atoms with Gasteiger partial charge < -0.3 is 9.47 Å². The highest BCUT2D eigenvalue weighted by Gasteiger charge is 2.42. The first-order valence-electron chi connectivity index (χ1n) is 7.74. The van der Waals surface area contributed by atoms with Crippen molar-refractivity contribution < 1.29 is 9.47 Å². The van der Waals surface area contributed by atoms with Gasteiger partial charge in [-0.3, -0.25) is 0 Å². The number of unbranched alkanes of at least 4 members (excludes halogenated alkanes) is 2. The Morgan fingerprint density at radius 2 is 1.28 bits per heavy atom. The average Bonchev–Trinajstić information content (AvgIpc) is 3.24. The summed E-state index contributed by atoms with van der Waals surface area (Å²) < 4.78 is 11.4. The number of hydrogen-bond donors (Lipinski definition) is 0. The third kappa shape index (κ3) is 4.40. The Morgan fingerprint density at radius 3 is 1.67 bits per heavy atom. The van der Waals surface area contributed by atoms with E-state index in [1.54, 1.807) is 11.1 Å². The van der Waals surface area contributed by atoms with Gasteiger partial charge in [0.1, 0.15) is 0 Å². The van der Waals surface area contributed by atoms with E-state index in [4.69, 9.17) is 9.47 Å². The van der Waals surface area contributed by atoms with Crippen molar-refractivity contribution in [3.05, 3.63) is 11.1 Å². The molecule has 104 valence electrons. The van der Waals surface area contributed by atoms with Crippen LogP contribution >= 0.6 is 0 Å². The molecule has 2 unspecified atom stereocenters. The van der Waals surface area contributed by atoms with Crippen LogP contribution in [0.15, 0.2) is 11.1 Å². The highest BCUT2D eigenvalue weighted by Crippen LogP contribution is 2.52. The van der Waals surface area contributed by atoms with E-state index in [0.717, 1.165) is 38.3 Å². The van der Waals surface area contributed by atoms with Crippen LogP contribution in [0.5, 0.6) is 0 Å². The first kappa shape index (κ1) is 14.1. The Kier molecular flexibility index (Phi) is 5.71. The molecule has 0 spiro atoms. The van der Waals surface area contributed by atoms with Crippen LogP contribution in [-0.4, -0.2) is 26.4 Å². The second kappa shape index (κ2) is 7.30. The van der Waals surface area contributed by atoms with Gasteiger partial charge in [0.15, 0.2) is 0 Å². The van der Waals surface area contributed by atoms with Gasteiger partial charge in [-0.1, -0.05) is 37.8 Å². The number of ether oxygens (including phenoxy) is 2. The molecule has 0 aromatic heterocycles. The van der Waals surface area contributed by atoms with Crippen molar-refractivity contribution in [2.24, 2.45) is 11.8 Å². The van der Waals surface area contributed by atoms with Crippen LogP contribution in [0.2, 0.25) is 0 Å². The Balaban J connectivity index is 1.53. The van der Waals surface area contributed by atoms with Crippen molar-refractivity contribution in [1.29, 1.82) is 0 Å². The Morgan fingerprint density at radius 1 is 0.833 bits per heavy atom. The lowest BCUT2D eigenvalue weighted by molar-refractivity contribution is 0.123. The van der Waals surface area contributed by atoms with E-state index in [0.29, 0.717) is 0 Å². The van der Waals surface area contributed by atoms with E-state index < -0.39 is 0 Å². The molecule has 0 aliphatic heterocycles. The van der Waals surface area contributed by atoms with Gasteiger partial charge in [0.05, 0.1) is 13.2 Å². The third-order valence-electron chi connectivity index (χ3n) is 3.93. The topological polar surface area (TPSA) is 18.5 Å². The largest absolute Gasteiger partial charge is 0.381 e. The van der Waals surface area contributed by atoms with E-state index in [2.05, 4.69) is 13.8 Å². The summed E-state index contributed by atoms with van der Waals surface area (Å²) in [4.78, 5) is 0. The Bertz CT molecular complexity index is 255. The van der Waals surface area contributed by atoms with E-state index in [1.165, 1.54) is 38.5 Å². The second-order valence-electron chi connectivity index (χ2n) is 5.71. The average molecular weight is 252 g/mol. The molecule has 18 heavy (non-hydrogen) atoms. The summed E-state index contributed by atoms with van der Waals surface area (Å²) in [6.07, 6.45) is 7.46. The van der Waals surface area contributed by atoms with Crippen LogP contribution in [0.3, 0.4) is 0 Å². The van der Waals surface area contributed by atoms with Crippen molar-refractivity contribution in [2.45, 2.75) is 52.4 Å². The van der Waals surface area contributed by atoms with Crippen molar-refractivity contribution in [2.75, 3.05) is 26.4 Å². The summed E-state index contributed by atoms with van der Waals surface area (Å²) in [6, 6.07) is 0. The fourth-order valence-electron chi connectivity index (χ4n) is 2.46. The summed E-state index contributed by atoms with van der Waals surface area (Å²) >= 11 is 0. The molecule has 0 N–H and O–H groups in total. The maximum absolute atomic E-state index is 5.69. The first-order chi connectivity index (χ1) is 8.86. The number of hydrogen-bond acceptors (Lipinski definition) is 2. The summed E-state index contributed by atoms with van der Waals surface area (Å²) in [6.45, 7) is 8.23. The van der Waals surface area contributed by atoms with Crippen LogP contribution in [0.1, 0.15) is 52.4 Å². The third-order valence-corrected chi connectivity index (χ3v) is 3.93. The van der Waals surface area contributed by atoms with E-state index in [9.17, 15) is 0 Å². The smallest absolute Gasteiger partial charge is 0.0534 e. The molecule has 2 heteroatoms. The zero-order valence-corrected chi connectivity index (χ0v) is 12.0. The molecule has 0 amide bonds. The van der Waals surface area contributed by atoms with Crippen molar-refractivity contribution in [1.82, 2.24) is 0 Å². The van der Waals surface area contributed by atoms with Gasteiger partial charge in [-0.25, -0.2) is 0 Å². The zero-order valence-electron chi connectivity index (χ0n) is 12.0. The molecule has 2 fully saturated rings. The Hall–Kier alpha value is -0.340. The standard InChI is InChI=1S/C16H28O2/c1-3-5-7-17-11-13-9-15(13)16-10-14(16)12-18-8-6-4-2/h13-14H,3-12H2,1-2H3/b16-15-. The lowest BCUT2D eigenvalue weighted by atomic mass is 10.3. The molecule has 2 saturated carbocycles. The van der Waals surface area contributed by atoms with Gasteiger partial charge in [-0.15, -0.1) is 0 Å². The fraction of sp³-hybridized carbons (Fsp3) is 0.875. The highest BCUT2D eigenvalue weighted by atomic mass is 16.5. The lowest BCUT2D eigenvalue weighted by Crippen LogP contribution is -1.99. The monoisotopic (exact) mass is 252 g/mol. The molecule has 2 aliphatic rings. The van der Waals surface area contributed by atoms with Crippen molar-refractivity contribution in [3.8, 4) is 0 Å². The van der Waals surface area contributed by atoms with Gasteiger partial charge in [-0.05, 0) is 25.7 Å². The normalized spacial score (nSPS) is 29.7. The summed E-state index contributed by atoms with van der Waals surface area (Å²) in [5.41, 5.74) is 3.41. The first-order valence-corrected chi connectivity index (χ1v) is 7.74. The van der Waals surface area contributed by atoms with Gasteiger partial charge in [0, 0.05) is 25.0 Å². The zero-order chi connectivity index (χ0) is 12.8. The van der Waals surface area contributed by atoms with E-state index in [-0.39, 0.29) is 0 Å².